The van der Waals surface area contributed by atoms with Crippen LogP contribution in [-0.4, -0.2) is 24.4 Å². The van der Waals surface area contributed by atoms with Gasteiger partial charge in [-0.05, 0) is 36.1 Å². The van der Waals surface area contributed by atoms with Gasteiger partial charge in [0.05, 0.1) is 19.3 Å². The van der Waals surface area contributed by atoms with E-state index in [0.29, 0.717) is 0 Å². The number of ether oxygens (including phenoxy) is 1. The number of anilines is 1. The first-order chi connectivity index (χ1) is 9.74. The van der Waals surface area contributed by atoms with Crippen LogP contribution in [0.25, 0.3) is 0 Å². The second-order valence-electron chi connectivity index (χ2n) is 5.42. The maximum Gasteiger partial charge on any atom is 0.120 e. The molecule has 0 aromatic heterocycles. The van der Waals surface area contributed by atoms with Gasteiger partial charge in [0.15, 0.2) is 0 Å². The van der Waals surface area contributed by atoms with E-state index in [9.17, 15) is 5.11 Å². The number of rotatable bonds is 4. The lowest BCUT2D eigenvalue weighted by molar-refractivity contribution is 0.216. The van der Waals surface area contributed by atoms with Crippen LogP contribution in [0.5, 0.6) is 5.75 Å². The van der Waals surface area contributed by atoms with Crippen LogP contribution in [0, 0.1) is 0 Å². The van der Waals surface area contributed by atoms with Crippen LogP contribution in [0.1, 0.15) is 11.1 Å². The van der Waals surface area contributed by atoms with Crippen molar-refractivity contribution < 1.29 is 9.84 Å². The molecule has 0 atom stereocenters. The minimum absolute atomic E-state index is 0.110. The van der Waals surface area contributed by atoms with Crippen molar-refractivity contribution in [2.24, 2.45) is 0 Å². The molecule has 2 aromatic rings. The van der Waals surface area contributed by atoms with Gasteiger partial charge in [0, 0.05) is 11.8 Å². The fourth-order valence-corrected chi connectivity index (χ4v) is 2.94. The Morgan fingerprint density at radius 3 is 2.40 bits per heavy atom. The van der Waals surface area contributed by atoms with E-state index in [2.05, 4.69) is 29.6 Å². The zero-order chi connectivity index (χ0) is 14.0. The molecule has 1 aliphatic carbocycles. The first-order valence-corrected chi connectivity index (χ1v) is 6.85. The van der Waals surface area contributed by atoms with Crippen LogP contribution < -0.4 is 10.1 Å². The van der Waals surface area contributed by atoms with Crippen LogP contribution >= 0.6 is 0 Å². The fraction of sp³-hybridized carbons (Fsp3) is 0.294. The number of fused-ring (bicyclic) bond motifs is 1. The molecule has 0 fully saturated rings. The van der Waals surface area contributed by atoms with Gasteiger partial charge in [0.2, 0.25) is 0 Å². The van der Waals surface area contributed by atoms with Crippen molar-refractivity contribution >= 4 is 5.69 Å². The molecule has 2 aromatic carbocycles. The van der Waals surface area contributed by atoms with E-state index in [1.54, 1.807) is 7.11 Å². The van der Waals surface area contributed by atoms with Gasteiger partial charge in [-0.15, -0.1) is 0 Å². The van der Waals surface area contributed by atoms with Crippen molar-refractivity contribution in [3.8, 4) is 5.75 Å². The van der Waals surface area contributed by atoms with Crippen LogP contribution in [-0.2, 0) is 12.8 Å². The van der Waals surface area contributed by atoms with Gasteiger partial charge >= 0.3 is 0 Å². The van der Waals surface area contributed by atoms with Gasteiger partial charge in [-0.2, -0.15) is 0 Å². The summed E-state index contributed by atoms with van der Waals surface area (Å²) < 4.78 is 5.25. The molecule has 104 valence electrons. The van der Waals surface area contributed by atoms with E-state index in [4.69, 9.17) is 4.74 Å². The number of hydrogen-bond acceptors (Lipinski definition) is 3. The van der Waals surface area contributed by atoms with Crippen LogP contribution in [0.2, 0.25) is 0 Å². The summed E-state index contributed by atoms with van der Waals surface area (Å²) in [7, 11) is 1.66. The number of methoxy groups -OCH3 is 1. The molecule has 0 spiro atoms. The minimum atomic E-state index is -0.309. The number of aliphatic hydroxyl groups is 1. The first-order valence-electron chi connectivity index (χ1n) is 6.85. The van der Waals surface area contributed by atoms with Gasteiger partial charge in [0.1, 0.15) is 5.75 Å². The third-order valence-electron chi connectivity index (χ3n) is 3.96. The van der Waals surface area contributed by atoms with E-state index in [-0.39, 0.29) is 12.1 Å². The maximum absolute atomic E-state index is 9.88. The monoisotopic (exact) mass is 269 g/mol. The number of benzene rings is 2. The molecule has 3 nitrogen and oxygen atoms in total. The highest BCUT2D eigenvalue weighted by Crippen LogP contribution is 2.33. The molecule has 0 aliphatic heterocycles. The van der Waals surface area contributed by atoms with Crippen molar-refractivity contribution in [3.05, 3.63) is 59.7 Å². The van der Waals surface area contributed by atoms with E-state index in [1.165, 1.54) is 11.1 Å². The molecule has 1 aliphatic rings. The number of nitrogens with one attached hydrogen (secondary N) is 1. The molecule has 0 radical (unpaired) electrons. The van der Waals surface area contributed by atoms with E-state index < -0.39 is 0 Å². The summed E-state index contributed by atoms with van der Waals surface area (Å²) in [5.74, 6) is 0.818. The average Bonchev–Trinajstić information content (AvgIpc) is 2.86. The van der Waals surface area contributed by atoms with E-state index in [0.717, 1.165) is 24.3 Å². The van der Waals surface area contributed by atoms with Crippen LogP contribution in [0.3, 0.4) is 0 Å². The highest BCUT2D eigenvalue weighted by molar-refractivity contribution is 5.52. The van der Waals surface area contributed by atoms with Crippen molar-refractivity contribution in [1.29, 1.82) is 0 Å². The Morgan fingerprint density at radius 2 is 1.80 bits per heavy atom. The Bertz CT molecular complexity index is 584. The highest BCUT2D eigenvalue weighted by Gasteiger charge is 2.36. The molecule has 3 heteroatoms. The molecule has 3 rings (SSSR count). The minimum Gasteiger partial charge on any atom is -0.497 e. The van der Waals surface area contributed by atoms with Gasteiger partial charge in [-0.25, -0.2) is 0 Å². The molecule has 0 saturated carbocycles. The summed E-state index contributed by atoms with van der Waals surface area (Å²) in [4.78, 5) is 0. The predicted molar refractivity (Wildman–Crippen MR) is 80.3 cm³/mol. The smallest absolute Gasteiger partial charge is 0.120 e. The molecular formula is C17H19NO2. The number of aliphatic hydroxyl groups excluding tert-OH is 1. The van der Waals surface area contributed by atoms with Crippen molar-refractivity contribution in [1.82, 2.24) is 0 Å². The largest absolute Gasteiger partial charge is 0.497 e. The standard InChI is InChI=1S/C17H19NO2/c1-20-16-8-4-7-15(9-16)18-17(12-19)10-13-5-2-3-6-14(13)11-17/h2-9,18-19H,10-12H2,1H3. The molecular weight excluding hydrogens is 250 g/mol. The lowest BCUT2D eigenvalue weighted by Gasteiger charge is -2.29. The fourth-order valence-electron chi connectivity index (χ4n) is 2.94. The molecule has 2 N–H and O–H groups in total. The highest BCUT2D eigenvalue weighted by atomic mass is 16.5. The van der Waals surface area contributed by atoms with Crippen LogP contribution in [0.15, 0.2) is 48.5 Å². The molecule has 20 heavy (non-hydrogen) atoms. The van der Waals surface area contributed by atoms with Gasteiger partial charge < -0.3 is 15.2 Å². The molecule has 0 bridgehead atoms. The van der Waals surface area contributed by atoms with Gasteiger partial charge in [-0.1, -0.05) is 30.3 Å². The quantitative estimate of drug-likeness (QED) is 0.896. The third-order valence-corrected chi connectivity index (χ3v) is 3.96. The number of hydrogen-bond donors (Lipinski definition) is 2. The molecule has 0 heterocycles. The van der Waals surface area contributed by atoms with Gasteiger partial charge in [0.25, 0.3) is 0 Å². The Balaban J connectivity index is 1.85. The van der Waals surface area contributed by atoms with Crippen molar-refractivity contribution in [2.45, 2.75) is 18.4 Å². The molecule has 0 amide bonds. The Labute approximate surface area is 119 Å². The van der Waals surface area contributed by atoms with E-state index >= 15 is 0 Å². The summed E-state index contributed by atoms with van der Waals surface area (Å²) in [6.45, 7) is 0.110. The van der Waals surface area contributed by atoms with Crippen molar-refractivity contribution in [2.75, 3.05) is 19.0 Å². The third kappa shape index (κ3) is 2.37. The normalized spacial score (nSPS) is 15.7. The predicted octanol–water partition coefficient (Wildman–Crippen LogP) is 2.64. The van der Waals surface area contributed by atoms with E-state index in [1.807, 2.05) is 24.3 Å². The molecule has 0 saturated heterocycles. The lowest BCUT2D eigenvalue weighted by Crippen LogP contribution is -2.43. The Morgan fingerprint density at radius 1 is 1.10 bits per heavy atom. The summed E-state index contributed by atoms with van der Waals surface area (Å²) in [6.07, 6.45) is 1.69. The first kappa shape index (κ1) is 13.0. The second kappa shape index (κ2) is 5.17. The topological polar surface area (TPSA) is 41.5 Å². The Hall–Kier alpha value is -2.00. The average molecular weight is 269 g/mol. The maximum atomic E-state index is 9.88. The second-order valence-corrected chi connectivity index (χ2v) is 5.42. The zero-order valence-corrected chi connectivity index (χ0v) is 11.6. The van der Waals surface area contributed by atoms with Crippen molar-refractivity contribution in [3.63, 3.8) is 0 Å². The summed E-state index contributed by atoms with van der Waals surface area (Å²) >= 11 is 0. The molecule has 0 unspecified atom stereocenters. The summed E-state index contributed by atoms with van der Waals surface area (Å²) in [5.41, 5.74) is 3.30. The lowest BCUT2D eigenvalue weighted by atomic mass is 9.96. The van der Waals surface area contributed by atoms with Gasteiger partial charge in [-0.3, -0.25) is 0 Å². The van der Waals surface area contributed by atoms with Crippen LogP contribution in [0.4, 0.5) is 5.69 Å². The Kier molecular flexibility index (Phi) is 3.36. The SMILES string of the molecule is COc1cccc(NC2(CO)Cc3ccccc3C2)c1. The summed E-state index contributed by atoms with van der Waals surface area (Å²) in [5, 5.41) is 13.4. The zero-order valence-electron chi connectivity index (χ0n) is 11.6. The summed E-state index contributed by atoms with van der Waals surface area (Å²) in [6, 6.07) is 16.2.